The summed E-state index contributed by atoms with van der Waals surface area (Å²) in [6, 6.07) is 15.1. The second kappa shape index (κ2) is 9.60. The van der Waals surface area contributed by atoms with Crippen molar-refractivity contribution in [1.82, 2.24) is 0 Å². The predicted octanol–water partition coefficient (Wildman–Crippen LogP) is 1.96. The lowest BCUT2D eigenvalue weighted by Gasteiger charge is -2.35. The molecule has 2 aromatic carbocycles. The Morgan fingerprint density at radius 3 is 2.43 bits per heavy atom. The molecule has 1 aliphatic heterocycles. The first-order valence-corrected chi connectivity index (χ1v) is 11.3. The molecular formula is C20H26ClN3O3S. The molecule has 1 saturated heterocycles. The third-order valence-corrected chi connectivity index (χ3v) is 6.58. The van der Waals surface area contributed by atoms with Crippen LogP contribution in [0.5, 0.6) is 5.75 Å². The van der Waals surface area contributed by atoms with Crippen molar-refractivity contribution in [2.75, 3.05) is 51.3 Å². The van der Waals surface area contributed by atoms with Crippen LogP contribution in [-0.2, 0) is 15.8 Å². The predicted molar refractivity (Wildman–Crippen MR) is 113 cm³/mol. The Balaban J connectivity index is 1.42. The summed E-state index contributed by atoms with van der Waals surface area (Å²) in [7, 11) is -1.85. The van der Waals surface area contributed by atoms with Crippen LogP contribution in [0.15, 0.2) is 48.5 Å². The summed E-state index contributed by atoms with van der Waals surface area (Å²) in [5.74, 6) is 0.709. The van der Waals surface area contributed by atoms with Crippen molar-refractivity contribution in [1.29, 1.82) is 0 Å². The Bertz CT molecular complexity index is 867. The van der Waals surface area contributed by atoms with Gasteiger partial charge in [-0.05, 0) is 35.9 Å². The Morgan fingerprint density at radius 1 is 1.11 bits per heavy atom. The van der Waals surface area contributed by atoms with Crippen LogP contribution in [0.1, 0.15) is 5.56 Å². The first kappa shape index (κ1) is 20.9. The lowest BCUT2D eigenvalue weighted by molar-refractivity contribution is -0.898. The van der Waals surface area contributed by atoms with Gasteiger partial charge in [-0.2, -0.15) is 0 Å². The number of ether oxygens (including phenoxy) is 1. The number of hydrogen-bond acceptors (Lipinski definition) is 4. The molecule has 1 aliphatic rings. The van der Waals surface area contributed by atoms with E-state index in [1.165, 1.54) is 10.6 Å². The Kier molecular flexibility index (Phi) is 7.18. The maximum Gasteiger partial charge on any atom is 0.119 e. The number of sulfonamides is 1. The summed E-state index contributed by atoms with van der Waals surface area (Å²) >= 11 is 6.05. The number of nitrogens with zero attached hydrogens (tertiary/aromatic N) is 2. The molecule has 8 heteroatoms. The number of quaternary nitrogens is 1. The van der Waals surface area contributed by atoms with Crippen molar-refractivity contribution in [3.05, 3.63) is 63.8 Å². The molecule has 1 heterocycles. The van der Waals surface area contributed by atoms with Crippen LogP contribution < -0.4 is 14.5 Å². The highest BCUT2D eigenvalue weighted by Gasteiger charge is 2.19. The van der Waals surface area contributed by atoms with E-state index in [4.69, 9.17) is 16.3 Å². The van der Waals surface area contributed by atoms with Gasteiger partial charge in [0.1, 0.15) is 5.75 Å². The number of hydrogen-bond donors (Lipinski definition) is 1. The molecule has 3 rings (SSSR count). The first-order valence-electron chi connectivity index (χ1n) is 9.34. The minimum atomic E-state index is -3.51. The maximum absolute atomic E-state index is 12.2. The fourth-order valence-corrected chi connectivity index (χ4v) is 4.71. The molecule has 6 nitrogen and oxygen atoms in total. The number of benzene rings is 2. The van der Waals surface area contributed by atoms with Crippen LogP contribution in [0, 0.1) is 0 Å². The van der Waals surface area contributed by atoms with E-state index in [-0.39, 0.29) is 5.75 Å². The molecule has 1 N–H and O–H groups in total. The number of rotatable bonds is 8. The number of nitrogens with one attached hydrogen (secondary N) is 1. The topological polar surface area (TPSA) is 65.2 Å². The molecule has 28 heavy (non-hydrogen) atoms. The summed E-state index contributed by atoms with van der Waals surface area (Å²) < 4.78 is 33.6. The van der Waals surface area contributed by atoms with Gasteiger partial charge in [-0.15, -0.1) is 0 Å². The van der Waals surface area contributed by atoms with Gasteiger partial charge in [0.05, 0.1) is 55.6 Å². The standard InChI is InChI=1S/C20H25ClN3O3S/c1-27-19-8-6-18(7-9-19)24-14-12-23(13-15-24)11-10-22-28(25,26)16-17-4-2-3-5-20(17)21/h2-9H,10-16H2,1H3/q-1/p+1. The highest BCUT2D eigenvalue weighted by atomic mass is 35.5. The minimum Gasteiger partial charge on any atom is -0.544 e. The summed E-state index contributed by atoms with van der Waals surface area (Å²) in [6.45, 7) is 4.84. The highest BCUT2D eigenvalue weighted by molar-refractivity contribution is 7.93. The van der Waals surface area contributed by atoms with Crippen molar-refractivity contribution < 1.29 is 18.1 Å². The van der Waals surface area contributed by atoms with Crippen molar-refractivity contribution in [2.24, 2.45) is 0 Å². The molecule has 0 amide bonds. The third kappa shape index (κ3) is 5.85. The maximum atomic E-state index is 12.2. The number of piperazine rings is 1. The van der Waals surface area contributed by atoms with Gasteiger partial charge in [0.15, 0.2) is 0 Å². The molecule has 0 saturated carbocycles. The molecule has 0 radical (unpaired) electrons. The number of halogens is 1. The van der Waals surface area contributed by atoms with Gasteiger partial charge in [-0.25, -0.2) is 8.42 Å². The SMILES string of the molecule is COc1ccc(N2CC[NH+](CC[N-]S(=O)(=O)Cc3ccccc3Cl)CC2)cc1. The van der Waals surface area contributed by atoms with E-state index in [0.29, 0.717) is 17.1 Å². The molecule has 0 unspecified atom stereocenters. The monoisotopic (exact) mass is 423 g/mol. The quantitative estimate of drug-likeness (QED) is 0.704. The van der Waals surface area contributed by atoms with Gasteiger partial charge in [-0.3, -0.25) is 0 Å². The largest absolute Gasteiger partial charge is 0.544 e. The van der Waals surface area contributed by atoms with Gasteiger partial charge < -0.3 is 19.3 Å². The fourth-order valence-electron chi connectivity index (χ4n) is 3.32. The molecule has 152 valence electrons. The van der Waals surface area contributed by atoms with E-state index in [1.807, 2.05) is 12.1 Å². The van der Waals surface area contributed by atoms with E-state index in [1.54, 1.807) is 31.4 Å². The minimum absolute atomic E-state index is 0.146. The highest BCUT2D eigenvalue weighted by Crippen LogP contribution is 2.20. The average Bonchev–Trinajstić information content (AvgIpc) is 2.70. The third-order valence-electron chi connectivity index (χ3n) is 4.96. The Hall–Kier alpha value is -1.80. The van der Waals surface area contributed by atoms with Gasteiger partial charge in [0.25, 0.3) is 0 Å². The number of anilines is 1. The van der Waals surface area contributed by atoms with Crippen LogP contribution in [0.25, 0.3) is 4.72 Å². The van der Waals surface area contributed by atoms with Crippen LogP contribution in [0.2, 0.25) is 5.02 Å². The van der Waals surface area contributed by atoms with Gasteiger partial charge in [0.2, 0.25) is 0 Å². The molecule has 0 aliphatic carbocycles. The van der Waals surface area contributed by atoms with Crippen LogP contribution in [-0.4, -0.2) is 54.8 Å². The van der Waals surface area contributed by atoms with Crippen molar-refractivity contribution >= 4 is 27.3 Å². The van der Waals surface area contributed by atoms with Crippen LogP contribution in [0.3, 0.4) is 0 Å². The van der Waals surface area contributed by atoms with Crippen LogP contribution in [0.4, 0.5) is 5.69 Å². The van der Waals surface area contributed by atoms with Crippen molar-refractivity contribution in [3.63, 3.8) is 0 Å². The van der Waals surface area contributed by atoms with E-state index in [2.05, 4.69) is 21.8 Å². The van der Waals surface area contributed by atoms with E-state index in [9.17, 15) is 8.42 Å². The fraction of sp³-hybridized carbons (Fsp3) is 0.400. The molecule has 0 atom stereocenters. The summed E-state index contributed by atoms with van der Waals surface area (Å²) in [6.07, 6.45) is 0. The molecule has 0 aromatic heterocycles. The molecular weight excluding hydrogens is 398 g/mol. The molecule has 0 bridgehead atoms. The second-order valence-electron chi connectivity index (χ2n) is 6.86. The van der Waals surface area contributed by atoms with Gasteiger partial charge >= 0.3 is 0 Å². The molecule has 1 fully saturated rings. The van der Waals surface area contributed by atoms with Crippen molar-refractivity contribution in [3.8, 4) is 5.75 Å². The Morgan fingerprint density at radius 2 is 1.79 bits per heavy atom. The van der Waals surface area contributed by atoms with Crippen molar-refractivity contribution in [2.45, 2.75) is 5.75 Å². The molecule has 2 aromatic rings. The second-order valence-corrected chi connectivity index (χ2v) is 8.97. The van der Waals surface area contributed by atoms with Gasteiger partial charge in [-0.1, -0.05) is 36.3 Å². The smallest absolute Gasteiger partial charge is 0.119 e. The first-order chi connectivity index (χ1) is 13.5. The van der Waals surface area contributed by atoms with Crippen LogP contribution >= 0.6 is 11.6 Å². The van der Waals surface area contributed by atoms with E-state index < -0.39 is 10.0 Å². The zero-order valence-corrected chi connectivity index (χ0v) is 17.5. The zero-order valence-electron chi connectivity index (χ0n) is 16.0. The zero-order chi connectivity index (χ0) is 20.0. The molecule has 0 spiro atoms. The number of methoxy groups -OCH3 is 1. The van der Waals surface area contributed by atoms with E-state index >= 15 is 0 Å². The summed E-state index contributed by atoms with van der Waals surface area (Å²) in [5, 5.41) is 0.460. The normalized spacial score (nSPS) is 15.6. The van der Waals surface area contributed by atoms with E-state index in [0.717, 1.165) is 38.5 Å². The Labute approximate surface area is 172 Å². The van der Waals surface area contributed by atoms with Gasteiger partial charge in [0, 0.05) is 10.7 Å². The summed E-state index contributed by atoms with van der Waals surface area (Å²) in [4.78, 5) is 3.72. The lowest BCUT2D eigenvalue weighted by atomic mass is 10.2. The lowest BCUT2D eigenvalue weighted by Crippen LogP contribution is -3.15. The summed E-state index contributed by atoms with van der Waals surface area (Å²) in [5.41, 5.74) is 1.78. The average molecular weight is 424 g/mol.